The van der Waals surface area contributed by atoms with Gasteiger partial charge in [0.15, 0.2) is 5.82 Å². The minimum absolute atomic E-state index is 0.0380. The minimum Gasteiger partial charge on any atom is -0.355 e. The van der Waals surface area contributed by atoms with Crippen LogP contribution in [0.1, 0.15) is 22.4 Å². The Kier molecular flexibility index (Phi) is 5.21. The van der Waals surface area contributed by atoms with Gasteiger partial charge in [-0.15, -0.1) is 16.4 Å². The van der Waals surface area contributed by atoms with E-state index in [9.17, 15) is 4.79 Å². The van der Waals surface area contributed by atoms with Gasteiger partial charge in [-0.25, -0.2) is 4.52 Å². The maximum Gasteiger partial charge on any atom is 0.224 e. The van der Waals surface area contributed by atoms with Crippen LogP contribution in [-0.2, 0) is 17.6 Å². The fourth-order valence-electron chi connectivity index (χ4n) is 3.12. The number of aryl methyl sites for hydroxylation is 2. The van der Waals surface area contributed by atoms with E-state index in [4.69, 9.17) is 0 Å². The SMILES string of the molecule is Cc1ccc(-c2nc3scc(CCNC(=O)Cc4cccc(C)c4)n3n2)cc1. The summed E-state index contributed by atoms with van der Waals surface area (Å²) in [7, 11) is 0. The largest absolute Gasteiger partial charge is 0.355 e. The standard InChI is InChI=1S/C22H22N4OS/c1-15-6-8-18(9-7-15)21-24-22-26(25-21)19(14-28-22)10-11-23-20(27)13-17-5-3-4-16(2)12-17/h3-9,12,14H,10-11,13H2,1-2H3,(H,23,27). The van der Waals surface area contributed by atoms with E-state index in [0.717, 1.165) is 34.0 Å². The van der Waals surface area contributed by atoms with Crippen LogP contribution in [0.5, 0.6) is 0 Å². The van der Waals surface area contributed by atoms with E-state index in [-0.39, 0.29) is 5.91 Å². The molecule has 0 aliphatic heterocycles. The van der Waals surface area contributed by atoms with Crippen LogP contribution in [0.2, 0.25) is 0 Å². The molecule has 0 saturated carbocycles. The molecule has 0 fully saturated rings. The lowest BCUT2D eigenvalue weighted by Gasteiger charge is -2.05. The van der Waals surface area contributed by atoms with Crippen molar-refractivity contribution in [3.05, 3.63) is 76.3 Å². The first-order chi connectivity index (χ1) is 13.6. The van der Waals surface area contributed by atoms with Gasteiger partial charge in [0.25, 0.3) is 0 Å². The van der Waals surface area contributed by atoms with Crippen molar-refractivity contribution in [3.8, 4) is 11.4 Å². The van der Waals surface area contributed by atoms with Crippen molar-refractivity contribution in [1.82, 2.24) is 19.9 Å². The average molecular weight is 391 g/mol. The number of aromatic nitrogens is 3. The maximum absolute atomic E-state index is 12.2. The van der Waals surface area contributed by atoms with E-state index in [0.29, 0.717) is 13.0 Å². The minimum atomic E-state index is 0.0380. The van der Waals surface area contributed by atoms with Gasteiger partial charge in [-0.3, -0.25) is 4.79 Å². The highest BCUT2D eigenvalue weighted by atomic mass is 32.1. The number of benzene rings is 2. The van der Waals surface area contributed by atoms with Gasteiger partial charge >= 0.3 is 0 Å². The normalized spacial score (nSPS) is 11.1. The topological polar surface area (TPSA) is 59.3 Å². The van der Waals surface area contributed by atoms with Crippen molar-refractivity contribution in [2.45, 2.75) is 26.7 Å². The molecule has 0 aliphatic rings. The van der Waals surface area contributed by atoms with Gasteiger partial charge in [-0.05, 0) is 19.4 Å². The van der Waals surface area contributed by atoms with Gasteiger partial charge in [0.05, 0.1) is 12.1 Å². The molecule has 0 atom stereocenters. The molecule has 142 valence electrons. The van der Waals surface area contributed by atoms with E-state index >= 15 is 0 Å². The second-order valence-corrected chi connectivity index (χ2v) is 7.83. The number of carbonyl (C=O) groups is 1. The Balaban J connectivity index is 1.38. The van der Waals surface area contributed by atoms with E-state index < -0.39 is 0 Å². The number of nitrogens with one attached hydrogen (secondary N) is 1. The molecule has 2 aromatic heterocycles. The molecular formula is C22H22N4OS. The number of rotatable bonds is 6. The Morgan fingerprint density at radius 2 is 1.93 bits per heavy atom. The number of hydrogen-bond acceptors (Lipinski definition) is 4. The van der Waals surface area contributed by atoms with Crippen molar-refractivity contribution in [2.24, 2.45) is 0 Å². The van der Waals surface area contributed by atoms with E-state index in [2.05, 4.69) is 39.8 Å². The van der Waals surface area contributed by atoms with Crippen molar-refractivity contribution in [1.29, 1.82) is 0 Å². The molecule has 0 radical (unpaired) electrons. The summed E-state index contributed by atoms with van der Waals surface area (Å²) in [6.07, 6.45) is 1.12. The number of amides is 1. The van der Waals surface area contributed by atoms with Crippen molar-refractivity contribution >= 4 is 22.2 Å². The van der Waals surface area contributed by atoms with Crippen LogP contribution in [0.25, 0.3) is 16.3 Å². The molecule has 0 bridgehead atoms. The number of thiazole rings is 1. The van der Waals surface area contributed by atoms with Crippen molar-refractivity contribution in [3.63, 3.8) is 0 Å². The first kappa shape index (κ1) is 18.4. The third-order valence-corrected chi connectivity index (χ3v) is 5.48. The predicted molar refractivity (Wildman–Crippen MR) is 113 cm³/mol. The van der Waals surface area contributed by atoms with Crippen LogP contribution in [0, 0.1) is 13.8 Å². The van der Waals surface area contributed by atoms with Crippen molar-refractivity contribution < 1.29 is 4.79 Å². The highest BCUT2D eigenvalue weighted by Crippen LogP contribution is 2.21. The first-order valence-corrected chi connectivity index (χ1v) is 10.2. The fraction of sp³-hybridized carbons (Fsp3) is 0.227. The van der Waals surface area contributed by atoms with Gasteiger partial charge in [0.1, 0.15) is 0 Å². The molecule has 0 spiro atoms. The molecule has 2 aromatic carbocycles. The molecular weight excluding hydrogens is 368 g/mol. The van der Waals surface area contributed by atoms with Crippen LogP contribution in [0.3, 0.4) is 0 Å². The molecule has 0 saturated heterocycles. The van der Waals surface area contributed by atoms with Gasteiger partial charge in [-0.2, -0.15) is 4.98 Å². The summed E-state index contributed by atoms with van der Waals surface area (Å²) in [6.45, 7) is 4.68. The Morgan fingerprint density at radius 3 is 2.71 bits per heavy atom. The summed E-state index contributed by atoms with van der Waals surface area (Å²) in [5.74, 6) is 0.771. The van der Waals surface area contributed by atoms with Crippen LogP contribution in [0.15, 0.2) is 53.9 Å². The Bertz CT molecular complexity index is 1110. The van der Waals surface area contributed by atoms with Gasteiger partial charge < -0.3 is 5.32 Å². The smallest absolute Gasteiger partial charge is 0.224 e. The second-order valence-electron chi connectivity index (χ2n) is 6.99. The highest BCUT2D eigenvalue weighted by Gasteiger charge is 2.12. The Morgan fingerprint density at radius 1 is 1.11 bits per heavy atom. The van der Waals surface area contributed by atoms with E-state index in [1.165, 1.54) is 11.1 Å². The van der Waals surface area contributed by atoms with Gasteiger partial charge in [-0.1, -0.05) is 59.7 Å². The van der Waals surface area contributed by atoms with Crippen LogP contribution < -0.4 is 5.32 Å². The van der Waals surface area contributed by atoms with Crippen molar-refractivity contribution in [2.75, 3.05) is 6.54 Å². The molecule has 28 heavy (non-hydrogen) atoms. The van der Waals surface area contributed by atoms with Crippen LogP contribution >= 0.6 is 11.3 Å². The summed E-state index contributed by atoms with van der Waals surface area (Å²) < 4.78 is 1.88. The number of nitrogens with zero attached hydrogens (tertiary/aromatic N) is 3. The average Bonchev–Trinajstić information content (AvgIpc) is 3.24. The summed E-state index contributed by atoms with van der Waals surface area (Å²) >= 11 is 1.57. The summed E-state index contributed by atoms with van der Waals surface area (Å²) in [5, 5.41) is 9.71. The molecule has 4 aromatic rings. The molecule has 0 aliphatic carbocycles. The van der Waals surface area contributed by atoms with Crippen LogP contribution in [0.4, 0.5) is 0 Å². The highest BCUT2D eigenvalue weighted by molar-refractivity contribution is 7.15. The van der Waals surface area contributed by atoms with Gasteiger partial charge in [0, 0.05) is 23.9 Å². The quantitative estimate of drug-likeness (QED) is 0.542. The number of fused-ring (bicyclic) bond motifs is 1. The van der Waals surface area contributed by atoms with E-state index in [1.807, 2.05) is 47.8 Å². The molecule has 1 amide bonds. The van der Waals surface area contributed by atoms with Crippen LogP contribution in [-0.4, -0.2) is 27.0 Å². The zero-order valence-corrected chi connectivity index (χ0v) is 16.8. The molecule has 6 heteroatoms. The lowest BCUT2D eigenvalue weighted by molar-refractivity contribution is -0.120. The summed E-state index contributed by atoms with van der Waals surface area (Å²) in [6, 6.07) is 16.3. The number of carbonyl (C=O) groups excluding carboxylic acids is 1. The molecule has 0 unspecified atom stereocenters. The van der Waals surface area contributed by atoms with E-state index in [1.54, 1.807) is 11.3 Å². The Labute approximate surface area is 168 Å². The lowest BCUT2D eigenvalue weighted by Crippen LogP contribution is -2.27. The summed E-state index contributed by atoms with van der Waals surface area (Å²) in [4.78, 5) is 17.7. The maximum atomic E-state index is 12.2. The third-order valence-electron chi connectivity index (χ3n) is 4.61. The fourth-order valence-corrected chi connectivity index (χ4v) is 3.98. The third kappa shape index (κ3) is 4.12. The Hall–Kier alpha value is -2.99. The molecule has 5 nitrogen and oxygen atoms in total. The zero-order valence-electron chi connectivity index (χ0n) is 16.0. The van der Waals surface area contributed by atoms with Gasteiger partial charge in [0.2, 0.25) is 10.9 Å². The monoisotopic (exact) mass is 390 g/mol. The molecule has 4 rings (SSSR count). The predicted octanol–water partition coefficient (Wildman–Crippen LogP) is 3.98. The zero-order chi connectivity index (χ0) is 19.5. The number of hydrogen-bond donors (Lipinski definition) is 1. The molecule has 2 heterocycles. The first-order valence-electron chi connectivity index (χ1n) is 9.31. The second kappa shape index (κ2) is 7.94. The summed E-state index contributed by atoms with van der Waals surface area (Å²) in [5.41, 5.74) is 5.49. The molecule has 1 N–H and O–H groups in total. The lowest BCUT2D eigenvalue weighted by atomic mass is 10.1.